The van der Waals surface area contributed by atoms with Crippen molar-refractivity contribution in [2.24, 2.45) is 0 Å². The molecule has 0 bridgehead atoms. The molecule has 1 amide bonds. The van der Waals surface area contributed by atoms with Crippen LogP contribution < -0.4 is 4.74 Å². The molecule has 0 aliphatic carbocycles. The van der Waals surface area contributed by atoms with Gasteiger partial charge in [-0.05, 0) is 52.7 Å². The third-order valence-corrected chi connectivity index (χ3v) is 5.64. The molecule has 0 atom stereocenters. The molecule has 0 saturated carbocycles. The number of carbonyl (C=O) groups is 3. The van der Waals surface area contributed by atoms with E-state index in [4.69, 9.17) is 19.2 Å². The Labute approximate surface area is 200 Å². The Kier molecular flexibility index (Phi) is 8.17. The Hall–Kier alpha value is -3.10. The molecule has 34 heavy (non-hydrogen) atoms. The van der Waals surface area contributed by atoms with Crippen molar-refractivity contribution >= 4 is 28.9 Å². The van der Waals surface area contributed by atoms with E-state index < -0.39 is 11.6 Å². The highest BCUT2D eigenvalue weighted by atomic mass is 16.6. The van der Waals surface area contributed by atoms with Crippen molar-refractivity contribution in [3.63, 3.8) is 0 Å². The van der Waals surface area contributed by atoms with Crippen LogP contribution in [-0.2, 0) is 30.3 Å². The number of ether oxygens (including phenoxy) is 3. The van der Waals surface area contributed by atoms with Gasteiger partial charge in [-0.2, -0.15) is 0 Å². The number of amides is 1. The molecule has 0 N–H and O–H groups in total. The number of likely N-dealkylation sites (tertiary alicyclic amines) is 1. The number of hydrogen-bond acceptors (Lipinski definition) is 7. The molecule has 9 nitrogen and oxygen atoms in total. The lowest BCUT2D eigenvalue weighted by molar-refractivity contribution is -0.154. The summed E-state index contributed by atoms with van der Waals surface area (Å²) >= 11 is 0. The molecule has 3 rings (SSSR count). The molecule has 1 aliphatic rings. The van der Waals surface area contributed by atoms with Crippen LogP contribution in [0.5, 0.6) is 5.75 Å². The predicted molar refractivity (Wildman–Crippen MR) is 127 cm³/mol. The summed E-state index contributed by atoms with van der Waals surface area (Å²) < 4.78 is 18.2. The highest BCUT2D eigenvalue weighted by molar-refractivity contribution is 5.79. The summed E-state index contributed by atoms with van der Waals surface area (Å²) in [5.74, 6) is 0.724. The second-order valence-electron chi connectivity index (χ2n) is 9.47. The van der Waals surface area contributed by atoms with Crippen molar-refractivity contribution < 1.29 is 28.6 Å². The van der Waals surface area contributed by atoms with E-state index in [0.717, 1.165) is 29.7 Å². The number of aromatic nitrogens is 2. The van der Waals surface area contributed by atoms with Gasteiger partial charge in [0.15, 0.2) is 6.61 Å². The van der Waals surface area contributed by atoms with Gasteiger partial charge in [0.25, 0.3) is 0 Å². The smallest absolute Gasteiger partial charge is 0.344 e. The van der Waals surface area contributed by atoms with Crippen LogP contribution in [0.3, 0.4) is 0 Å². The van der Waals surface area contributed by atoms with Gasteiger partial charge in [-0.1, -0.05) is 0 Å². The van der Waals surface area contributed by atoms with Crippen LogP contribution in [0.4, 0.5) is 0 Å². The van der Waals surface area contributed by atoms with Crippen molar-refractivity contribution in [2.45, 2.75) is 71.9 Å². The molecular formula is C25H35N3O6. The third kappa shape index (κ3) is 6.71. The Balaban J connectivity index is 1.86. The Morgan fingerprint density at radius 2 is 1.82 bits per heavy atom. The van der Waals surface area contributed by atoms with Crippen LogP contribution in [0.2, 0.25) is 0 Å². The van der Waals surface area contributed by atoms with E-state index in [-0.39, 0.29) is 30.9 Å². The lowest BCUT2D eigenvalue weighted by Gasteiger charge is -2.33. The number of rotatable bonds is 8. The molecule has 2 heterocycles. The number of hydrogen-bond donors (Lipinski definition) is 0. The first-order valence-electron chi connectivity index (χ1n) is 11.8. The zero-order chi connectivity index (χ0) is 24.9. The van der Waals surface area contributed by atoms with E-state index in [9.17, 15) is 14.4 Å². The lowest BCUT2D eigenvalue weighted by atomic mass is 10.0. The highest BCUT2D eigenvalue weighted by Gasteiger charge is 2.26. The van der Waals surface area contributed by atoms with Gasteiger partial charge in [-0.25, -0.2) is 9.78 Å². The number of carbonyl (C=O) groups excluding carboxylic acids is 3. The summed E-state index contributed by atoms with van der Waals surface area (Å²) in [5.41, 5.74) is 1.13. The number of piperidine rings is 1. The third-order valence-electron chi connectivity index (χ3n) is 5.64. The van der Waals surface area contributed by atoms with Crippen molar-refractivity contribution in [1.29, 1.82) is 0 Å². The number of benzene rings is 1. The number of fused-ring (bicyclic) bond motifs is 1. The topological polar surface area (TPSA) is 100.0 Å². The van der Waals surface area contributed by atoms with Gasteiger partial charge in [0.1, 0.15) is 17.2 Å². The molecule has 2 aromatic rings. The van der Waals surface area contributed by atoms with Crippen LogP contribution >= 0.6 is 0 Å². The Morgan fingerprint density at radius 3 is 2.44 bits per heavy atom. The number of aryl methyl sites for hydroxylation is 1. The van der Waals surface area contributed by atoms with Gasteiger partial charge in [0, 0.05) is 38.5 Å². The minimum Gasteiger partial charge on any atom is -0.482 e. The van der Waals surface area contributed by atoms with Crippen LogP contribution in [0, 0.1) is 0 Å². The lowest BCUT2D eigenvalue weighted by Crippen LogP contribution is -2.38. The van der Waals surface area contributed by atoms with Gasteiger partial charge in [-0.15, -0.1) is 0 Å². The monoisotopic (exact) mass is 473 g/mol. The second kappa shape index (κ2) is 10.9. The van der Waals surface area contributed by atoms with Crippen molar-refractivity contribution in [2.75, 3.05) is 26.3 Å². The maximum absolute atomic E-state index is 12.3. The Morgan fingerprint density at radius 1 is 1.12 bits per heavy atom. The molecule has 1 aromatic heterocycles. The molecule has 1 fully saturated rings. The molecular weight excluding hydrogens is 438 g/mol. The van der Waals surface area contributed by atoms with Gasteiger partial charge in [-0.3, -0.25) is 9.59 Å². The largest absolute Gasteiger partial charge is 0.482 e. The van der Waals surface area contributed by atoms with E-state index in [1.807, 2.05) is 37.8 Å². The summed E-state index contributed by atoms with van der Waals surface area (Å²) in [7, 11) is 0. The first-order valence-corrected chi connectivity index (χ1v) is 11.8. The summed E-state index contributed by atoms with van der Waals surface area (Å²) in [6.07, 6.45) is 2.24. The van der Waals surface area contributed by atoms with Crippen molar-refractivity contribution in [3.05, 3.63) is 24.0 Å². The second-order valence-corrected chi connectivity index (χ2v) is 9.47. The molecule has 0 spiro atoms. The first kappa shape index (κ1) is 25.5. The zero-order valence-electron chi connectivity index (χ0n) is 20.8. The van der Waals surface area contributed by atoms with E-state index >= 15 is 0 Å². The van der Waals surface area contributed by atoms with E-state index in [0.29, 0.717) is 31.9 Å². The van der Waals surface area contributed by atoms with E-state index in [2.05, 4.69) is 4.57 Å². The maximum atomic E-state index is 12.3. The normalized spacial score (nSPS) is 14.8. The Bertz CT molecular complexity index is 1030. The fourth-order valence-corrected chi connectivity index (χ4v) is 4.19. The van der Waals surface area contributed by atoms with E-state index in [1.165, 1.54) is 0 Å². The SMILES string of the molecule is CCOC(=O)COc1ccc2nc(CCC(=O)OC(C)(C)C)n(C3CCN(C(C)=O)CC3)c2c1. The fraction of sp³-hybridized carbons (Fsp3) is 0.600. The van der Waals surface area contributed by atoms with Crippen LogP contribution in [0.15, 0.2) is 18.2 Å². The molecule has 0 radical (unpaired) electrons. The average Bonchev–Trinajstić information content (AvgIpc) is 3.13. The molecule has 1 saturated heterocycles. The average molecular weight is 474 g/mol. The van der Waals surface area contributed by atoms with Crippen LogP contribution in [-0.4, -0.2) is 64.2 Å². The summed E-state index contributed by atoms with van der Waals surface area (Å²) in [6.45, 7) is 10.4. The van der Waals surface area contributed by atoms with Crippen LogP contribution in [0.25, 0.3) is 11.0 Å². The van der Waals surface area contributed by atoms with Crippen LogP contribution in [0.1, 0.15) is 65.7 Å². The van der Waals surface area contributed by atoms with Gasteiger partial charge in [0.2, 0.25) is 5.91 Å². The summed E-state index contributed by atoms with van der Waals surface area (Å²) in [4.78, 5) is 42.5. The zero-order valence-corrected chi connectivity index (χ0v) is 20.8. The number of esters is 2. The fourth-order valence-electron chi connectivity index (χ4n) is 4.19. The summed E-state index contributed by atoms with van der Waals surface area (Å²) in [5, 5.41) is 0. The van der Waals surface area contributed by atoms with Gasteiger partial charge >= 0.3 is 11.9 Å². The van der Waals surface area contributed by atoms with Crippen molar-refractivity contribution in [3.8, 4) is 5.75 Å². The van der Waals surface area contributed by atoms with E-state index in [1.54, 1.807) is 19.9 Å². The maximum Gasteiger partial charge on any atom is 0.344 e. The molecule has 1 aromatic carbocycles. The molecule has 1 aliphatic heterocycles. The molecule has 0 unspecified atom stereocenters. The van der Waals surface area contributed by atoms with Gasteiger partial charge in [0.05, 0.1) is 24.1 Å². The minimum absolute atomic E-state index is 0.0775. The molecule has 9 heteroatoms. The van der Waals surface area contributed by atoms with Crippen molar-refractivity contribution in [1.82, 2.24) is 14.5 Å². The quantitative estimate of drug-likeness (QED) is 0.542. The highest BCUT2D eigenvalue weighted by Crippen LogP contribution is 2.31. The number of imidazole rings is 1. The molecule has 186 valence electrons. The van der Waals surface area contributed by atoms with Gasteiger partial charge < -0.3 is 23.7 Å². The minimum atomic E-state index is -0.540. The first-order chi connectivity index (χ1) is 16.1. The standard InChI is InChI=1S/C25H35N3O6/c1-6-32-24(31)16-33-19-7-8-20-21(15-19)28(18-11-13-27(14-12-18)17(2)29)22(26-20)9-10-23(30)34-25(3,4)5/h7-8,15,18H,6,9-14,16H2,1-5H3. The predicted octanol–water partition coefficient (Wildman–Crippen LogP) is 3.44. The number of nitrogens with zero attached hydrogens (tertiary/aromatic N) is 3. The summed E-state index contributed by atoms with van der Waals surface area (Å²) in [6, 6.07) is 5.63.